The molecular formula is C29H29N7O3S. The van der Waals surface area contributed by atoms with Crippen molar-refractivity contribution >= 4 is 45.7 Å². The van der Waals surface area contributed by atoms with E-state index in [-0.39, 0.29) is 11.1 Å². The number of benzene rings is 1. The topological polar surface area (TPSA) is 126 Å². The Morgan fingerprint density at radius 3 is 2.73 bits per heavy atom. The summed E-state index contributed by atoms with van der Waals surface area (Å²) >= 11 is 0.887. The number of amides is 2. The van der Waals surface area contributed by atoms with Crippen LogP contribution in [0.15, 0.2) is 52.0 Å². The standard InChI is InChI=1S/C29H29N7O3S/c1-17-26(18(2)39-35-17)23-13-20-5-3-4-6-22(20)24(33-23)16-30-15-19-8-11-36(12-9-19)28-31-10-7-21(32-28)14-25-27(37)34-29(38)40-25/h3-7,10,13-14,19,30H,8-9,11-12,15-16H2,1-2H3,(H,34,37,38)/b25-14-. The third kappa shape index (κ3) is 5.47. The fourth-order valence-electron chi connectivity index (χ4n) is 5.26. The van der Waals surface area contributed by atoms with E-state index in [0.717, 1.165) is 83.4 Å². The molecule has 0 spiro atoms. The van der Waals surface area contributed by atoms with Gasteiger partial charge in [0.05, 0.1) is 33.2 Å². The minimum Gasteiger partial charge on any atom is -0.361 e. The molecule has 0 atom stereocenters. The maximum atomic E-state index is 11.9. The van der Waals surface area contributed by atoms with Crippen LogP contribution >= 0.6 is 11.8 Å². The zero-order chi connectivity index (χ0) is 27.6. The average Bonchev–Trinajstić information content (AvgIpc) is 3.47. The number of piperidine rings is 1. The molecule has 2 N–H and O–H groups in total. The van der Waals surface area contributed by atoms with Crippen LogP contribution < -0.4 is 15.5 Å². The van der Waals surface area contributed by atoms with E-state index in [1.807, 2.05) is 26.0 Å². The minimum atomic E-state index is -0.387. The lowest BCUT2D eigenvalue weighted by Gasteiger charge is -2.32. The number of nitrogens with one attached hydrogen (secondary N) is 2. The van der Waals surface area contributed by atoms with Crippen molar-refractivity contribution in [3.8, 4) is 11.3 Å². The molecule has 2 saturated heterocycles. The van der Waals surface area contributed by atoms with E-state index >= 15 is 0 Å². The smallest absolute Gasteiger partial charge is 0.290 e. The van der Waals surface area contributed by atoms with Crippen LogP contribution in [0.3, 0.4) is 0 Å². The summed E-state index contributed by atoms with van der Waals surface area (Å²) in [5.41, 5.74) is 4.31. The number of pyridine rings is 1. The monoisotopic (exact) mass is 555 g/mol. The molecule has 40 heavy (non-hydrogen) atoms. The molecule has 0 aliphatic carbocycles. The van der Waals surface area contributed by atoms with Gasteiger partial charge >= 0.3 is 0 Å². The highest BCUT2D eigenvalue weighted by Crippen LogP contribution is 2.30. The quantitative estimate of drug-likeness (QED) is 0.312. The van der Waals surface area contributed by atoms with Crippen molar-refractivity contribution in [2.24, 2.45) is 5.92 Å². The summed E-state index contributed by atoms with van der Waals surface area (Å²) in [6.45, 7) is 7.13. The second-order valence-electron chi connectivity index (χ2n) is 10.1. The molecule has 5 heterocycles. The van der Waals surface area contributed by atoms with Crippen LogP contribution in [0.5, 0.6) is 0 Å². The van der Waals surface area contributed by atoms with E-state index in [1.165, 1.54) is 0 Å². The molecule has 11 heteroatoms. The second-order valence-corrected chi connectivity index (χ2v) is 11.1. The number of hydrogen-bond acceptors (Lipinski definition) is 10. The van der Waals surface area contributed by atoms with Gasteiger partial charge in [-0.25, -0.2) is 9.97 Å². The lowest BCUT2D eigenvalue weighted by atomic mass is 9.97. The van der Waals surface area contributed by atoms with Crippen molar-refractivity contribution in [1.82, 2.24) is 30.7 Å². The zero-order valence-electron chi connectivity index (χ0n) is 22.3. The summed E-state index contributed by atoms with van der Waals surface area (Å²) in [5.74, 6) is 1.56. The molecule has 0 bridgehead atoms. The van der Waals surface area contributed by atoms with Gasteiger partial charge in [-0.3, -0.25) is 19.9 Å². The van der Waals surface area contributed by atoms with Crippen LogP contribution in [-0.4, -0.2) is 50.9 Å². The first-order valence-corrected chi connectivity index (χ1v) is 14.1. The maximum absolute atomic E-state index is 11.9. The lowest BCUT2D eigenvalue weighted by molar-refractivity contribution is -0.115. The van der Waals surface area contributed by atoms with Crippen LogP contribution in [-0.2, 0) is 11.3 Å². The molecule has 2 aliphatic rings. The Kier molecular flexibility index (Phi) is 7.31. The van der Waals surface area contributed by atoms with E-state index in [0.29, 0.717) is 29.0 Å². The number of nitrogens with zero attached hydrogens (tertiary/aromatic N) is 5. The van der Waals surface area contributed by atoms with Gasteiger partial charge in [-0.2, -0.15) is 0 Å². The summed E-state index contributed by atoms with van der Waals surface area (Å²) in [6, 6.07) is 12.2. The first-order valence-electron chi connectivity index (χ1n) is 13.3. The first-order chi connectivity index (χ1) is 19.4. The molecule has 2 aliphatic heterocycles. The summed E-state index contributed by atoms with van der Waals surface area (Å²) in [5, 5.41) is 12.0. The third-order valence-electron chi connectivity index (χ3n) is 7.32. The van der Waals surface area contributed by atoms with E-state index in [9.17, 15) is 9.59 Å². The van der Waals surface area contributed by atoms with Gasteiger partial charge < -0.3 is 14.7 Å². The highest BCUT2D eigenvalue weighted by molar-refractivity contribution is 8.18. The Morgan fingerprint density at radius 1 is 1.15 bits per heavy atom. The van der Waals surface area contributed by atoms with Crippen LogP contribution in [0.4, 0.5) is 10.7 Å². The highest BCUT2D eigenvalue weighted by Gasteiger charge is 2.26. The molecule has 0 saturated carbocycles. The van der Waals surface area contributed by atoms with Crippen molar-refractivity contribution in [1.29, 1.82) is 0 Å². The van der Waals surface area contributed by atoms with Crippen LogP contribution in [0.1, 0.15) is 35.7 Å². The minimum absolute atomic E-state index is 0.346. The normalized spacial score (nSPS) is 17.2. The molecule has 0 radical (unpaired) electrons. The molecule has 0 unspecified atom stereocenters. The number of carbonyl (C=O) groups is 2. The van der Waals surface area contributed by atoms with Gasteiger partial charge in [0.25, 0.3) is 11.1 Å². The average molecular weight is 556 g/mol. The number of anilines is 1. The molecule has 2 amide bonds. The van der Waals surface area contributed by atoms with E-state index in [4.69, 9.17) is 9.51 Å². The Bertz CT molecular complexity index is 1610. The number of rotatable bonds is 7. The number of hydrogen-bond donors (Lipinski definition) is 2. The summed E-state index contributed by atoms with van der Waals surface area (Å²) < 4.78 is 5.40. The number of carbonyl (C=O) groups excluding carboxylic acids is 2. The largest absolute Gasteiger partial charge is 0.361 e. The van der Waals surface area contributed by atoms with Crippen LogP contribution in [0.25, 0.3) is 28.1 Å². The van der Waals surface area contributed by atoms with E-state index in [2.05, 4.69) is 48.9 Å². The van der Waals surface area contributed by atoms with E-state index < -0.39 is 0 Å². The lowest BCUT2D eigenvalue weighted by Crippen LogP contribution is -2.38. The maximum Gasteiger partial charge on any atom is 0.290 e. The number of thioether (sulfide) groups is 1. The molecule has 6 rings (SSSR count). The Hall–Kier alpha value is -4.09. The van der Waals surface area contributed by atoms with E-state index in [1.54, 1.807) is 18.3 Å². The molecule has 4 aromatic rings. The Labute approximate surface area is 235 Å². The van der Waals surface area contributed by atoms with Gasteiger partial charge in [0.2, 0.25) is 5.95 Å². The molecule has 2 fully saturated rings. The van der Waals surface area contributed by atoms with Gasteiger partial charge in [0.1, 0.15) is 5.76 Å². The summed E-state index contributed by atoms with van der Waals surface area (Å²) in [4.78, 5) is 39.9. The number of aryl methyl sites for hydroxylation is 2. The van der Waals surface area contributed by atoms with Crippen molar-refractivity contribution in [2.45, 2.75) is 33.2 Å². The second kappa shape index (κ2) is 11.2. The zero-order valence-corrected chi connectivity index (χ0v) is 23.1. The SMILES string of the molecule is Cc1noc(C)c1-c1cc2ccccc2c(CNCC2CCN(c3nccc(/C=C4\SC(=O)NC4=O)n3)CC2)n1. The fraction of sp³-hybridized carbons (Fsp3) is 0.310. The van der Waals surface area contributed by atoms with Gasteiger partial charge in [0.15, 0.2) is 0 Å². The Morgan fingerprint density at radius 2 is 1.98 bits per heavy atom. The number of fused-ring (bicyclic) bond motifs is 1. The van der Waals surface area contributed by atoms with Crippen molar-refractivity contribution in [3.05, 3.63) is 70.3 Å². The summed E-state index contributed by atoms with van der Waals surface area (Å²) in [7, 11) is 0. The van der Waals surface area contributed by atoms with Crippen LogP contribution in [0, 0.1) is 19.8 Å². The molecular weight excluding hydrogens is 526 g/mol. The highest BCUT2D eigenvalue weighted by atomic mass is 32.2. The molecule has 10 nitrogen and oxygen atoms in total. The third-order valence-corrected chi connectivity index (χ3v) is 8.13. The first kappa shape index (κ1) is 26.1. The number of aromatic nitrogens is 4. The van der Waals surface area contributed by atoms with Gasteiger partial charge in [-0.15, -0.1) is 0 Å². The fourth-order valence-corrected chi connectivity index (χ4v) is 5.93. The van der Waals surface area contributed by atoms with Crippen molar-refractivity contribution in [3.63, 3.8) is 0 Å². The van der Waals surface area contributed by atoms with Crippen LogP contribution in [0.2, 0.25) is 0 Å². The predicted octanol–water partition coefficient (Wildman–Crippen LogP) is 4.63. The van der Waals surface area contributed by atoms with Gasteiger partial charge in [-0.1, -0.05) is 29.4 Å². The number of imide groups is 1. The van der Waals surface area contributed by atoms with Gasteiger partial charge in [-0.05, 0) is 74.5 Å². The molecule has 204 valence electrons. The van der Waals surface area contributed by atoms with Crippen molar-refractivity contribution < 1.29 is 14.1 Å². The molecule has 1 aromatic carbocycles. The van der Waals surface area contributed by atoms with Gasteiger partial charge in [0, 0.05) is 31.2 Å². The predicted molar refractivity (Wildman–Crippen MR) is 154 cm³/mol. The van der Waals surface area contributed by atoms with Crippen molar-refractivity contribution in [2.75, 3.05) is 24.5 Å². The Balaban J connectivity index is 1.08. The molecule has 3 aromatic heterocycles. The summed E-state index contributed by atoms with van der Waals surface area (Å²) in [6.07, 6.45) is 5.35.